The summed E-state index contributed by atoms with van der Waals surface area (Å²) < 4.78 is 0. The minimum absolute atomic E-state index is 0.382. The zero-order valence-electron chi connectivity index (χ0n) is 12.1. The summed E-state index contributed by atoms with van der Waals surface area (Å²) in [4.78, 5) is 8.99. The van der Waals surface area contributed by atoms with Gasteiger partial charge >= 0.3 is 33.2 Å². The molecule has 0 fully saturated rings. The molecule has 0 unspecified atom stereocenters. The fourth-order valence-electron chi connectivity index (χ4n) is 1.94. The van der Waals surface area contributed by atoms with Gasteiger partial charge in [0, 0.05) is 18.1 Å². The molecule has 2 aromatic rings. The Labute approximate surface area is 141 Å². The number of hydrogen-bond acceptors (Lipinski definition) is 2. The summed E-state index contributed by atoms with van der Waals surface area (Å²) in [5.74, 6) is 0. The summed E-state index contributed by atoms with van der Waals surface area (Å²) in [6.07, 6.45) is 6.93. The van der Waals surface area contributed by atoms with Gasteiger partial charge in [0.05, 0.1) is 11.2 Å². The van der Waals surface area contributed by atoms with Crippen LogP contribution in [0.2, 0.25) is 0 Å². The average Bonchev–Trinajstić information content (AvgIpc) is 2.51. The molecular weight excluding hydrogens is 350 g/mol. The summed E-state index contributed by atoms with van der Waals surface area (Å²) in [6.45, 7) is 3.14. The molecule has 1 aromatic carbocycles. The Morgan fingerprint density at radius 1 is 1.10 bits per heavy atom. The summed E-state index contributed by atoms with van der Waals surface area (Å²) in [5, 5.41) is 1.18. The first-order valence-electron chi connectivity index (χ1n) is 7.01. The molecule has 0 aliphatic heterocycles. The van der Waals surface area contributed by atoms with Gasteiger partial charge in [-0.1, -0.05) is 50.5 Å². The van der Waals surface area contributed by atoms with Crippen molar-refractivity contribution in [2.45, 2.75) is 32.6 Å². The van der Waals surface area contributed by atoms with Crippen LogP contribution in [0.4, 0.5) is 0 Å². The zero-order valence-corrected chi connectivity index (χ0v) is 14.6. The molecule has 0 atom stereocenters. The predicted molar refractivity (Wildman–Crippen MR) is 90.1 cm³/mol. The van der Waals surface area contributed by atoms with E-state index in [4.69, 9.17) is 20.3 Å². The van der Waals surface area contributed by atoms with Crippen LogP contribution in [-0.2, 0) is 12.9 Å². The topological polar surface area (TPSA) is 25.2 Å². The van der Waals surface area contributed by atoms with Crippen molar-refractivity contribution in [3.8, 4) is 0 Å². The van der Waals surface area contributed by atoms with Crippen LogP contribution in [0.25, 0.3) is 10.9 Å². The van der Waals surface area contributed by atoms with Gasteiger partial charge in [-0.25, -0.2) is 4.98 Å². The molecule has 117 valence electrons. The van der Waals surface area contributed by atoms with Gasteiger partial charge in [0.1, 0.15) is 0 Å². The molecule has 0 saturated carbocycles. The number of nitrogens with zero attached hydrogens (tertiary/aromatic N) is 2. The minimum atomic E-state index is 0.382. The normalized spacial score (nSPS) is 10.8. The SMILES string of the molecule is CCCCCCN=Cc1ccc2ccccc2n1.[Cl][Co][Cl]. The molecule has 5 heteroatoms. The van der Waals surface area contributed by atoms with Gasteiger partial charge in [-0.2, -0.15) is 0 Å². The van der Waals surface area contributed by atoms with Crippen molar-refractivity contribution in [2.24, 2.45) is 4.99 Å². The van der Waals surface area contributed by atoms with Crippen molar-refractivity contribution in [3.05, 3.63) is 42.1 Å². The monoisotopic (exact) mass is 369 g/mol. The maximum absolute atomic E-state index is 4.73. The quantitative estimate of drug-likeness (QED) is 0.479. The number of para-hydroxylation sites is 1. The van der Waals surface area contributed by atoms with Gasteiger partial charge < -0.3 is 0 Å². The zero-order chi connectivity index (χ0) is 15.3. The van der Waals surface area contributed by atoms with Crippen molar-refractivity contribution in [1.29, 1.82) is 0 Å². The molecule has 21 heavy (non-hydrogen) atoms. The third-order valence-corrected chi connectivity index (χ3v) is 2.98. The standard InChI is InChI=1S/C16H20N2.2ClH.Co/c1-2-3-4-7-12-17-13-15-11-10-14-8-5-6-9-16(14)18-15;;;/h5-6,8-11,13H,2-4,7,12H2,1H3;2*1H;/q;;;+2/p-2. The number of benzene rings is 1. The molecule has 0 spiro atoms. The van der Waals surface area contributed by atoms with E-state index in [2.05, 4.69) is 29.0 Å². The van der Waals surface area contributed by atoms with Gasteiger partial charge in [0.2, 0.25) is 0 Å². The Hall–Kier alpha value is -0.614. The maximum atomic E-state index is 4.73. The molecular formula is C16H20Cl2CoN2. The molecule has 0 saturated heterocycles. The number of halogens is 2. The summed E-state index contributed by atoms with van der Waals surface area (Å²) in [6, 6.07) is 12.3. The van der Waals surface area contributed by atoms with Crippen molar-refractivity contribution in [2.75, 3.05) is 6.54 Å². The summed E-state index contributed by atoms with van der Waals surface area (Å²) in [7, 11) is 9.47. The molecule has 0 amide bonds. The average molecular weight is 370 g/mol. The molecule has 0 aliphatic rings. The van der Waals surface area contributed by atoms with E-state index in [-0.39, 0.29) is 0 Å². The van der Waals surface area contributed by atoms with Crippen molar-refractivity contribution < 1.29 is 12.9 Å². The van der Waals surface area contributed by atoms with Crippen LogP contribution in [0.5, 0.6) is 0 Å². The summed E-state index contributed by atoms with van der Waals surface area (Å²) in [5.41, 5.74) is 1.98. The van der Waals surface area contributed by atoms with Crippen LogP contribution in [0.3, 0.4) is 0 Å². The van der Waals surface area contributed by atoms with Crippen molar-refractivity contribution >= 4 is 37.4 Å². The van der Waals surface area contributed by atoms with E-state index in [0.717, 1.165) is 17.8 Å². The van der Waals surface area contributed by atoms with E-state index in [1.165, 1.54) is 31.1 Å². The first-order chi connectivity index (χ1) is 10.3. The van der Waals surface area contributed by atoms with E-state index < -0.39 is 0 Å². The van der Waals surface area contributed by atoms with Gasteiger partial charge in [0.15, 0.2) is 0 Å². The number of unbranched alkanes of at least 4 members (excludes halogenated alkanes) is 3. The second kappa shape index (κ2) is 12.0. The second-order valence-electron chi connectivity index (χ2n) is 4.57. The predicted octanol–water partition coefficient (Wildman–Crippen LogP) is 5.61. The molecule has 2 nitrogen and oxygen atoms in total. The van der Waals surface area contributed by atoms with Crippen LogP contribution >= 0.6 is 20.3 Å². The number of hydrogen-bond donors (Lipinski definition) is 0. The Morgan fingerprint density at radius 2 is 1.86 bits per heavy atom. The molecule has 0 radical (unpaired) electrons. The van der Waals surface area contributed by atoms with Crippen LogP contribution in [0.15, 0.2) is 41.4 Å². The number of rotatable bonds is 6. The third kappa shape index (κ3) is 7.81. The fraction of sp³-hybridized carbons (Fsp3) is 0.375. The van der Waals surface area contributed by atoms with Gasteiger partial charge in [-0.05, 0) is 18.6 Å². The van der Waals surface area contributed by atoms with Crippen LogP contribution in [0, 0.1) is 0 Å². The van der Waals surface area contributed by atoms with E-state index in [1.54, 1.807) is 0 Å². The molecule has 2 rings (SSSR count). The second-order valence-corrected chi connectivity index (χ2v) is 6.29. The van der Waals surface area contributed by atoms with E-state index >= 15 is 0 Å². The van der Waals surface area contributed by atoms with E-state index in [9.17, 15) is 0 Å². The Balaban J connectivity index is 0.000000677. The number of fused-ring (bicyclic) bond motifs is 1. The van der Waals surface area contributed by atoms with Crippen LogP contribution < -0.4 is 0 Å². The van der Waals surface area contributed by atoms with Gasteiger partial charge in [-0.15, -0.1) is 0 Å². The number of pyridine rings is 1. The first kappa shape index (κ1) is 18.4. The van der Waals surface area contributed by atoms with Crippen LogP contribution in [-0.4, -0.2) is 17.7 Å². The first-order valence-corrected chi connectivity index (χ1v) is 9.87. The van der Waals surface area contributed by atoms with Gasteiger partial charge in [-0.3, -0.25) is 4.99 Å². The van der Waals surface area contributed by atoms with Crippen LogP contribution in [0.1, 0.15) is 38.3 Å². The van der Waals surface area contributed by atoms with Gasteiger partial charge in [0.25, 0.3) is 0 Å². The summed E-state index contributed by atoms with van der Waals surface area (Å²) >= 11 is 0.382. The molecule has 1 aromatic heterocycles. The van der Waals surface area contributed by atoms with Crippen molar-refractivity contribution in [1.82, 2.24) is 4.98 Å². The van der Waals surface area contributed by atoms with E-state index in [0.29, 0.717) is 12.9 Å². The Morgan fingerprint density at radius 3 is 2.62 bits per heavy atom. The fourth-order valence-corrected chi connectivity index (χ4v) is 1.94. The van der Waals surface area contributed by atoms with E-state index in [1.807, 2.05) is 30.5 Å². The molecule has 0 aliphatic carbocycles. The van der Waals surface area contributed by atoms with Crippen molar-refractivity contribution in [3.63, 3.8) is 0 Å². The Bertz CT molecular complexity index is 547. The third-order valence-electron chi connectivity index (χ3n) is 2.98. The molecule has 1 heterocycles. The number of aromatic nitrogens is 1. The molecule has 0 N–H and O–H groups in total. The Kier molecular flexibility index (Phi) is 10.5. The number of aliphatic imine (C=N–C) groups is 1. The molecule has 0 bridgehead atoms.